The number of carboxylic acids is 1. The zero-order valence-electron chi connectivity index (χ0n) is 14.9. The lowest BCUT2D eigenvalue weighted by Crippen LogP contribution is -2.34. The summed E-state index contributed by atoms with van der Waals surface area (Å²) in [5.41, 5.74) is 0.501. The molecule has 0 bridgehead atoms. The number of carbonyl (C=O) groups excluding carboxylic acids is 3. The van der Waals surface area contributed by atoms with Gasteiger partial charge in [0.15, 0.2) is 18.1 Å². The molecule has 0 saturated carbocycles. The van der Waals surface area contributed by atoms with Gasteiger partial charge in [-0.15, -0.1) is 0 Å². The van der Waals surface area contributed by atoms with Gasteiger partial charge in [0.25, 0.3) is 11.1 Å². The number of ether oxygens (including phenoxy) is 3. The van der Waals surface area contributed by atoms with Crippen LogP contribution in [0.5, 0.6) is 11.5 Å². The lowest BCUT2D eigenvalue weighted by atomic mass is 10.2. The van der Waals surface area contributed by atoms with E-state index in [4.69, 9.17) is 19.3 Å². The number of thioether (sulfide) groups is 1. The molecule has 0 radical (unpaired) electrons. The third kappa shape index (κ3) is 5.26. The number of nitrogens with zero attached hydrogens (tertiary/aromatic N) is 1. The number of esters is 1. The Labute approximate surface area is 172 Å². The third-order valence-electron chi connectivity index (χ3n) is 3.39. The van der Waals surface area contributed by atoms with Crippen molar-refractivity contribution >= 4 is 56.9 Å². The van der Waals surface area contributed by atoms with Crippen LogP contribution >= 0.6 is 27.7 Å². The Morgan fingerprint density at radius 1 is 1.29 bits per heavy atom. The Morgan fingerprint density at radius 2 is 2.00 bits per heavy atom. The topological polar surface area (TPSA) is 119 Å². The predicted molar refractivity (Wildman–Crippen MR) is 103 cm³/mol. The molecule has 1 N–H and O–H groups in total. The van der Waals surface area contributed by atoms with E-state index in [-0.39, 0.29) is 23.0 Å². The normalized spacial score (nSPS) is 15.1. The third-order valence-corrected chi connectivity index (χ3v) is 4.98. The first-order valence-corrected chi connectivity index (χ1v) is 9.50. The maximum absolute atomic E-state index is 12.4. The van der Waals surface area contributed by atoms with Crippen molar-refractivity contribution in [3.63, 3.8) is 0 Å². The summed E-state index contributed by atoms with van der Waals surface area (Å²) < 4.78 is 15.6. The van der Waals surface area contributed by atoms with Gasteiger partial charge in [-0.05, 0) is 42.5 Å². The van der Waals surface area contributed by atoms with Crippen LogP contribution < -0.4 is 9.47 Å². The van der Waals surface area contributed by atoms with Gasteiger partial charge in [-0.1, -0.05) is 15.9 Å². The van der Waals surface area contributed by atoms with E-state index in [2.05, 4.69) is 15.9 Å². The maximum atomic E-state index is 12.4. The molecule has 2 amide bonds. The van der Waals surface area contributed by atoms with Crippen molar-refractivity contribution in [1.82, 2.24) is 4.90 Å². The highest BCUT2D eigenvalue weighted by Gasteiger charge is 2.36. The number of hydrogen-bond acceptors (Lipinski definition) is 8. The fraction of sp³-hybridized carbons (Fsp3) is 0.294. The second-order valence-electron chi connectivity index (χ2n) is 5.28. The van der Waals surface area contributed by atoms with Gasteiger partial charge in [-0.25, -0.2) is 4.79 Å². The molecule has 1 aromatic rings. The summed E-state index contributed by atoms with van der Waals surface area (Å²) in [5, 5.41) is 8.15. The van der Waals surface area contributed by atoms with E-state index in [1.807, 2.05) is 0 Å². The summed E-state index contributed by atoms with van der Waals surface area (Å²) >= 11 is 4.01. The molecule has 1 heterocycles. The van der Waals surface area contributed by atoms with Crippen molar-refractivity contribution in [2.75, 3.05) is 26.9 Å². The minimum absolute atomic E-state index is 0.122. The Bertz CT molecular complexity index is 854. The van der Waals surface area contributed by atoms with Crippen LogP contribution in [-0.4, -0.2) is 60.0 Å². The highest BCUT2D eigenvalue weighted by molar-refractivity contribution is 9.10. The number of benzene rings is 1. The second kappa shape index (κ2) is 9.60. The first-order valence-electron chi connectivity index (χ1n) is 7.90. The van der Waals surface area contributed by atoms with E-state index in [9.17, 15) is 19.2 Å². The summed E-state index contributed by atoms with van der Waals surface area (Å²) in [6.07, 6.45) is 1.46. The lowest BCUT2D eigenvalue weighted by Gasteiger charge is -2.12. The molecule has 0 aromatic heterocycles. The van der Waals surface area contributed by atoms with Crippen LogP contribution in [0.3, 0.4) is 0 Å². The summed E-state index contributed by atoms with van der Waals surface area (Å²) in [6, 6.07) is 3.02. The molecular formula is C17H16BrNO8S. The Morgan fingerprint density at radius 3 is 2.61 bits per heavy atom. The standard InChI is InChI=1S/C17H16BrNO8S/c1-3-26-15(22)7-19-16(23)13(28-17(19)24)5-9-4-11(25-2)12(6-10(9)18)27-8-14(20)21/h4-6H,3,7-8H2,1-2H3,(H,20,21)/b13-5+. The van der Waals surface area contributed by atoms with E-state index in [0.29, 0.717) is 21.8 Å². The number of rotatable bonds is 8. The van der Waals surface area contributed by atoms with Crippen molar-refractivity contribution in [3.8, 4) is 11.5 Å². The van der Waals surface area contributed by atoms with Gasteiger partial charge in [0.2, 0.25) is 0 Å². The molecule has 1 fully saturated rings. The fourth-order valence-electron chi connectivity index (χ4n) is 2.19. The second-order valence-corrected chi connectivity index (χ2v) is 7.13. The van der Waals surface area contributed by atoms with Crippen LogP contribution in [0.25, 0.3) is 6.08 Å². The van der Waals surface area contributed by atoms with Crippen molar-refractivity contribution in [2.24, 2.45) is 0 Å². The highest BCUT2D eigenvalue weighted by atomic mass is 79.9. The van der Waals surface area contributed by atoms with Gasteiger partial charge in [0.05, 0.1) is 18.6 Å². The predicted octanol–water partition coefficient (Wildman–Crippen LogP) is 2.52. The molecule has 0 unspecified atom stereocenters. The van der Waals surface area contributed by atoms with Gasteiger partial charge in [-0.3, -0.25) is 19.3 Å². The van der Waals surface area contributed by atoms with Gasteiger partial charge in [0, 0.05) is 4.47 Å². The minimum atomic E-state index is -1.14. The number of carbonyl (C=O) groups is 4. The average molecular weight is 474 g/mol. The number of imide groups is 1. The molecular weight excluding hydrogens is 458 g/mol. The number of halogens is 1. The molecule has 0 spiro atoms. The first-order chi connectivity index (χ1) is 13.3. The van der Waals surface area contributed by atoms with E-state index >= 15 is 0 Å². The maximum Gasteiger partial charge on any atom is 0.341 e. The van der Waals surface area contributed by atoms with Crippen molar-refractivity contribution in [1.29, 1.82) is 0 Å². The molecule has 11 heteroatoms. The molecule has 0 aliphatic carbocycles. The quantitative estimate of drug-likeness (QED) is 0.448. The number of hydrogen-bond donors (Lipinski definition) is 1. The number of aliphatic carboxylic acids is 1. The minimum Gasteiger partial charge on any atom is -0.493 e. The molecule has 1 saturated heterocycles. The molecule has 9 nitrogen and oxygen atoms in total. The van der Waals surface area contributed by atoms with Crippen LogP contribution in [0.4, 0.5) is 4.79 Å². The Hall–Kier alpha value is -2.53. The van der Waals surface area contributed by atoms with E-state index in [0.717, 1.165) is 4.90 Å². The Kier molecular flexibility index (Phi) is 7.46. The molecule has 1 aromatic carbocycles. The first kappa shape index (κ1) is 21.8. The zero-order chi connectivity index (χ0) is 20.8. The van der Waals surface area contributed by atoms with E-state index in [1.54, 1.807) is 6.92 Å². The Balaban J connectivity index is 2.27. The van der Waals surface area contributed by atoms with Crippen LogP contribution in [0.2, 0.25) is 0 Å². The monoisotopic (exact) mass is 473 g/mol. The highest BCUT2D eigenvalue weighted by Crippen LogP contribution is 2.38. The molecule has 2 rings (SSSR count). The number of methoxy groups -OCH3 is 1. The average Bonchev–Trinajstić information content (AvgIpc) is 2.89. The lowest BCUT2D eigenvalue weighted by molar-refractivity contribution is -0.146. The zero-order valence-corrected chi connectivity index (χ0v) is 17.3. The van der Waals surface area contributed by atoms with Crippen LogP contribution in [0, 0.1) is 0 Å². The number of amides is 2. The van der Waals surface area contributed by atoms with Gasteiger partial charge in [-0.2, -0.15) is 0 Å². The van der Waals surface area contributed by atoms with Gasteiger partial charge >= 0.3 is 11.9 Å². The largest absolute Gasteiger partial charge is 0.493 e. The van der Waals surface area contributed by atoms with Crippen molar-refractivity contribution < 1.29 is 38.5 Å². The molecule has 0 atom stereocenters. The molecule has 1 aliphatic heterocycles. The summed E-state index contributed by atoms with van der Waals surface area (Å²) in [4.78, 5) is 47.7. The fourth-order valence-corrected chi connectivity index (χ4v) is 3.45. The number of carboxylic acid groups (broad SMARTS) is 1. The van der Waals surface area contributed by atoms with Gasteiger partial charge < -0.3 is 19.3 Å². The van der Waals surface area contributed by atoms with E-state index < -0.39 is 36.2 Å². The summed E-state index contributed by atoms with van der Waals surface area (Å²) in [7, 11) is 1.38. The SMILES string of the molecule is CCOC(=O)CN1C(=O)S/C(=C/c2cc(OC)c(OCC(=O)O)cc2Br)C1=O. The van der Waals surface area contributed by atoms with Crippen LogP contribution in [0.15, 0.2) is 21.5 Å². The van der Waals surface area contributed by atoms with Gasteiger partial charge in [0.1, 0.15) is 6.54 Å². The molecule has 1 aliphatic rings. The van der Waals surface area contributed by atoms with E-state index in [1.165, 1.54) is 25.3 Å². The summed E-state index contributed by atoms with van der Waals surface area (Å²) in [6.45, 7) is 0.769. The van der Waals surface area contributed by atoms with Crippen molar-refractivity contribution in [3.05, 3.63) is 27.1 Å². The van der Waals surface area contributed by atoms with Crippen LogP contribution in [0.1, 0.15) is 12.5 Å². The summed E-state index contributed by atoms with van der Waals surface area (Å²) in [5.74, 6) is -1.97. The van der Waals surface area contributed by atoms with Crippen LogP contribution in [-0.2, 0) is 19.1 Å². The molecule has 150 valence electrons. The smallest absolute Gasteiger partial charge is 0.341 e. The molecule has 28 heavy (non-hydrogen) atoms. The van der Waals surface area contributed by atoms with Crippen molar-refractivity contribution in [2.45, 2.75) is 6.92 Å².